The molecule has 5 heteroatoms. The lowest BCUT2D eigenvalue weighted by atomic mass is 9.61. The van der Waals surface area contributed by atoms with Gasteiger partial charge in [-0.3, -0.25) is 9.59 Å². The molecule has 0 aromatic heterocycles. The lowest BCUT2D eigenvalue weighted by Crippen LogP contribution is -2.36. The van der Waals surface area contributed by atoms with Crippen molar-refractivity contribution in [2.24, 2.45) is 28.6 Å². The molecule has 6 atom stereocenters. The van der Waals surface area contributed by atoms with Gasteiger partial charge in [-0.15, -0.1) is 0 Å². The van der Waals surface area contributed by atoms with Crippen LogP contribution in [0.15, 0.2) is 35.5 Å². The molecule has 0 unspecified atom stereocenters. The van der Waals surface area contributed by atoms with E-state index in [1.165, 1.54) is 12.0 Å². The Morgan fingerprint density at radius 1 is 1.18 bits per heavy atom. The number of carbonyl (C=O) groups is 2. The summed E-state index contributed by atoms with van der Waals surface area (Å²) in [7, 11) is 0. The minimum atomic E-state index is -1.16. The Balaban J connectivity index is 1.71. The average Bonchev–Trinajstić information content (AvgIpc) is 3.12. The van der Waals surface area contributed by atoms with Crippen molar-refractivity contribution in [3.8, 4) is 0 Å². The van der Waals surface area contributed by atoms with Crippen LogP contribution in [0.1, 0.15) is 86.0 Å². The van der Waals surface area contributed by atoms with Crippen LogP contribution in [-0.4, -0.2) is 40.8 Å². The summed E-state index contributed by atoms with van der Waals surface area (Å²) in [5.74, 6) is 0.592. The topological polar surface area (TPSA) is 83.8 Å². The fourth-order valence-corrected chi connectivity index (χ4v) is 6.67. The zero-order valence-electron chi connectivity index (χ0n) is 21.7. The highest BCUT2D eigenvalue weighted by Crippen LogP contribution is 2.59. The summed E-state index contributed by atoms with van der Waals surface area (Å²) in [6.45, 7) is 9.89. The van der Waals surface area contributed by atoms with Gasteiger partial charge in [0.1, 0.15) is 5.41 Å². The van der Waals surface area contributed by atoms with Crippen molar-refractivity contribution in [3.05, 3.63) is 35.5 Å². The molecule has 3 saturated carbocycles. The normalized spacial score (nSPS) is 34.2. The zero-order chi connectivity index (χ0) is 25.1. The van der Waals surface area contributed by atoms with Gasteiger partial charge < -0.3 is 14.9 Å². The average molecular weight is 473 g/mol. The Labute approximate surface area is 205 Å². The van der Waals surface area contributed by atoms with E-state index in [1.54, 1.807) is 26.8 Å². The zero-order valence-corrected chi connectivity index (χ0v) is 21.7. The van der Waals surface area contributed by atoms with Gasteiger partial charge in [0.05, 0.1) is 18.8 Å². The van der Waals surface area contributed by atoms with E-state index in [-0.39, 0.29) is 23.7 Å². The molecular weight excluding hydrogens is 428 g/mol. The fourth-order valence-electron chi connectivity index (χ4n) is 6.67. The van der Waals surface area contributed by atoms with Crippen LogP contribution in [0.25, 0.3) is 0 Å². The highest BCUT2D eigenvalue weighted by Gasteiger charge is 2.50. The Bertz CT molecular complexity index is 839. The lowest BCUT2D eigenvalue weighted by molar-refractivity contribution is -0.156. The van der Waals surface area contributed by atoms with Crippen LogP contribution in [0.2, 0.25) is 0 Å². The van der Waals surface area contributed by atoms with Gasteiger partial charge in [-0.05, 0) is 101 Å². The predicted octanol–water partition coefficient (Wildman–Crippen LogP) is 5.31. The lowest BCUT2D eigenvalue weighted by Gasteiger charge is -2.44. The SMILES string of the molecule is CCOC(=O)C(C)(C)C(=O)/C=C/[C@@H](C)[C@H]1CC[C@H]2/C(=C/C=C3C[C@@H](O)C[C@H](O)C3)CCC[C@]12C. The smallest absolute Gasteiger partial charge is 0.319 e. The maximum Gasteiger partial charge on any atom is 0.319 e. The quantitative estimate of drug-likeness (QED) is 0.298. The Morgan fingerprint density at radius 2 is 1.85 bits per heavy atom. The van der Waals surface area contributed by atoms with Gasteiger partial charge in [0.25, 0.3) is 0 Å². The van der Waals surface area contributed by atoms with E-state index < -0.39 is 23.6 Å². The van der Waals surface area contributed by atoms with Crippen LogP contribution in [-0.2, 0) is 14.3 Å². The second-order valence-corrected chi connectivity index (χ2v) is 11.5. The number of fused-ring (bicyclic) bond motifs is 1. The molecule has 0 aromatic rings. The van der Waals surface area contributed by atoms with E-state index in [0.717, 1.165) is 31.3 Å². The van der Waals surface area contributed by atoms with Crippen LogP contribution in [0.5, 0.6) is 0 Å². The van der Waals surface area contributed by atoms with Crippen molar-refractivity contribution < 1.29 is 24.5 Å². The summed E-state index contributed by atoms with van der Waals surface area (Å²) in [5.41, 5.74) is 1.66. The molecule has 34 heavy (non-hydrogen) atoms. The third-order valence-electron chi connectivity index (χ3n) is 8.70. The summed E-state index contributed by atoms with van der Waals surface area (Å²) < 4.78 is 5.08. The molecule has 3 aliphatic rings. The van der Waals surface area contributed by atoms with Gasteiger partial charge in [-0.2, -0.15) is 0 Å². The van der Waals surface area contributed by atoms with E-state index in [0.29, 0.717) is 31.1 Å². The third-order valence-corrected chi connectivity index (χ3v) is 8.70. The monoisotopic (exact) mass is 472 g/mol. The maximum absolute atomic E-state index is 12.8. The van der Waals surface area contributed by atoms with Crippen molar-refractivity contribution >= 4 is 11.8 Å². The molecule has 0 saturated heterocycles. The van der Waals surface area contributed by atoms with E-state index in [4.69, 9.17) is 4.74 Å². The van der Waals surface area contributed by atoms with Gasteiger partial charge in [0.15, 0.2) is 5.78 Å². The van der Waals surface area contributed by atoms with Crippen molar-refractivity contribution in [2.45, 2.75) is 98.2 Å². The van der Waals surface area contributed by atoms with E-state index in [9.17, 15) is 19.8 Å². The third kappa shape index (κ3) is 5.73. The summed E-state index contributed by atoms with van der Waals surface area (Å²) in [6, 6.07) is 0. The van der Waals surface area contributed by atoms with Gasteiger partial charge >= 0.3 is 5.97 Å². The first-order chi connectivity index (χ1) is 16.0. The molecule has 0 amide bonds. The second-order valence-electron chi connectivity index (χ2n) is 11.5. The number of allylic oxidation sites excluding steroid dienone is 5. The Hall–Kier alpha value is -1.72. The molecule has 0 aromatic carbocycles. The first kappa shape index (κ1) is 26.9. The van der Waals surface area contributed by atoms with Crippen molar-refractivity contribution in [1.82, 2.24) is 0 Å². The number of carbonyl (C=O) groups excluding carboxylic acids is 2. The molecule has 0 bridgehead atoms. The number of esters is 1. The minimum Gasteiger partial charge on any atom is -0.465 e. The number of aliphatic hydroxyl groups excluding tert-OH is 2. The molecule has 3 fully saturated rings. The molecule has 3 aliphatic carbocycles. The molecular formula is C29H44O5. The number of ketones is 1. The summed E-state index contributed by atoms with van der Waals surface area (Å²) in [5, 5.41) is 20.0. The Kier molecular flexibility index (Phi) is 8.62. The van der Waals surface area contributed by atoms with Crippen molar-refractivity contribution in [2.75, 3.05) is 6.61 Å². The molecule has 5 nitrogen and oxygen atoms in total. The Morgan fingerprint density at radius 3 is 2.50 bits per heavy atom. The number of hydrogen-bond donors (Lipinski definition) is 2. The van der Waals surface area contributed by atoms with Crippen LogP contribution < -0.4 is 0 Å². The number of rotatable bonds is 7. The predicted molar refractivity (Wildman–Crippen MR) is 134 cm³/mol. The summed E-state index contributed by atoms with van der Waals surface area (Å²) in [4.78, 5) is 24.9. The number of hydrogen-bond acceptors (Lipinski definition) is 5. The summed E-state index contributed by atoms with van der Waals surface area (Å²) >= 11 is 0. The van der Waals surface area contributed by atoms with Crippen LogP contribution >= 0.6 is 0 Å². The number of aliphatic hydroxyl groups is 2. The standard InChI is InChI=1S/C29H44O5/c1-6-34-27(33)28(3,4)26(32)14-9-19(2)24-12-13-25-21(8-7-15-29(24,25)5)11-10-20-16-22(30)18-23(31)17-20/h9-11,14,19,22-25,30-31H,6-8,12-13,15-18H2,1-5H3/b14-9+,21-11+/t19-,22-,23-,24-,25+,29-/m1/s1. The second kappa shape index (κ2) is 10.9. The van der Waals surface area contributed by atoms with Crippen molar-refractivity contribution in [1.29, 1.82) is 0 Å². The van der Waals surface area contributed by atoms with E-state index in [2.05, 4.69) is 26.0 Å². The van der Waals surface area contributed by atoms with Crippen LogP contribution in [0.3, 0.4) is 0 Å². The van der Waals surface area contributed by atoms with Gasteiger partial charge in [0.2, 0.25) is 0 Å². The van der Waals surface area contributed by atoms with Gasteiger partial charge in [0, 0.05) is 0 Å². The van der Waals surface area contributed by atoms with E-state index in [1.807, 2.05) is 6.08 Å². The largest absolute Gasteiger partial charge is 0.465 e. The first-order valence-electron chi connectivity index (χ1n) is 13.1. The highest BCUT2D eigenvalue weighted by atomic mass is 16.5. The molecule has 190 valence electrons. The minimum absolute atomic E-state index is 0.192. The highest BCUT2D eigenvalue weighted by molar-refractivity contribution is 6.08. The molecule has 3 rings (SSSR count). The fraction of sp³-hybridized carbons (Fsp3) is 0.724. The van der Waals surface area contributed by atoms with Gasteiger partial charge in [-0.25, -0.2) is 0 Å². The van der Waals surface area contributed by atoms with Gasteiger partial charge in [-0.1, -0.05) is 43.2 Å². The summed E-state index contributed by atoms with van der Waals surface area (Å²) in [6.07, 6.45) is 14.7. The molecule has 0 heterocycles. The maximum atomic E-state index is 12.8. The molecule has 0 spiro atoms. The molecule has 0 radical (unpaired) electrons. The first-order valence-corrected chi connectivity index (χ1v) is 13.1. The van der Waals surface area contributed by atoms with Crippen LogP contribution in [0.4, 0.5) is 0 Å². The molecule has 2 N–H and O–H groups in total. The molecule has 0 aliphatic heterocycles. The van der Waals surface area contributed by atoms with Crippen LogP contribution in [0, 0.1) is 28.6 Å². The number of ether oxygens (including phenoxy) is 1. The van der Waals surface area contributed by atoms with Crippen molar-refractivity contribution in [3.63, 3.8) is 0 Å². The van der Waals surface area contributed by atoms with E-state index >= 15 is 0 Å².